The van der Waals surface area contributed by atoms with Crippen molar-refractivity contribution in [3.63, 3.8) is 0 Å². The molecule has 14 heavy (non-hydrogen) atoms. The van der Waals surface area contributed by atoms with Crippen molar-refractivity contribution in [2.24, 2.45) is 0 Å². The number of hydrogen-bond acceptors (Lipinski definition) is 2. The Morgan fingerprint density at radius 1 is 1.50 bits per heavy atom. The Morgan fingerprint density at radius 3 is 2.43 bits per heavy atom. The summed E-state index contributed by atoms with van der Waals surface area (Å²) in [6.07, 6.45) is -0.346. The molecule has 0 unspecified atom stereocenters. The quantitative estimate of drug-likeness (QED) is 0.784. The summed E-state index contributed by atoms with van der Waals surface area (Å²) in [6, 6.07) is 2.09. The van der Waals surface area contributed by atoms with E-state index in [1.807, 2.05) is 11.6 Å². The Balaban J connectivity index is 2.94. The molecule has 1 atom stereocenters. The van der Waals surface area contributed by atoms with E-state index in [-0.39, 0.29) is 11.5 Å². The lowest BCUT2D eigenvalue weighted by Gasteiger charge is -2.14. The van der Waals surface area contributed by atoms with Gasteiger partial charge in [-0.25, -0.2) is 0 Å². The molecule has 1 aromatic heterocycles. The molecule has 0 aliphatic heterocycles. The van der Waals surface area contributed by atoms with Crippen LogP contribution in [0.1, 0.15) is 39.1 Å². The number of rotatable bonds is 2. The molecular formula is C11H20N2O. The van der Waals surface area contributed by atoms with Crippen molar-refractivity contribution in [1.29, 1.82) is 0 Å². The Hall–Kier alpha value is -0.830. The second-order valence-electron chi connectivity index (χ2n) is 4.95. The number of aromatic nitrogens is 2. The van der Waals surface area contributed by atoms with E-state index in [4.69, 9.17) is 0 Å². The van der Waals surface area contributed by atoms with Gasteiger partial charge in [0, 0.05) is 11.1 Å². The Morgan fingerprint density at radius 2 is 2.07 bits per heavy atom. The number of aliphatic hydroxyl groups excluding tert-OH is 1. The van der Waals surface area contributed by atoms with Crippen molar-refractivity contribution in [2.45, 2.75) is 52.7 Å². The maximum Gasteiger partial charge on any atom is 0.0708 e. The summed E-state index contributed by atoms with van der Waals surface area (Å²) in [7, 11) is 0. The summed E-state index contributed by atoms with van der Waals surface area (Å²) in [5, 5.41) is 13.8. The highest BCUT2D eigenvalue weighted by atomic mass is 16.3. The standard InChI is InChI=1S/C11H20N2O/c1-8-6-10(11(3,4)5)12-13(8)7-9(2)14/h6,9,14H,7H2,1-5H3/t9-/m1/s1. The van der Waals surface area contributed by atoms with Crippen LogP contribution in [0.2, 0.25) is 0 Å². The van der Waals surface area contributed by atoms with E-state index >= 15 is 0 Å². The molecule has 1 N–H and O–H groups in total. The van der Waals surface area contributed by atoms with Crippen LogP contribution >= 0.6 is 0 Å². The molecule has 0 aromatic carbocycles. The van der Waals surface area contributed by atoms with Gasteiger partial charge in [-0.1, -0.05) is 20.8 Å². The SMILES string of the molecule is Cc1cc(C(C)(C)C)nn1C[C@@H](C)O. The summed E-state index contributed by atoms with van der Waals surface area (Å²) in [6.45, 7) is 10.8. The zero-order valence-corrected chi connectivity index (χ0v) is 9.70. The molecule has 0 saturated carbocycles. The summed E-state index contributed by atoms with van der Waals surface area (Å²) < 4.78 is 1.87. The van der Waals surface area contributed by atoms with Crippen molar-refractivity contribution >= 4 is 0 Å². The number of aryl methyl sites for hydroxylation is 1. The molecule has 0 saturated heterocycles. The highest BCUT2D eigenvalue weighted by Gasteiger charge is 2.18. The van der Waals surface area contributed by atoms with Crippen molar-refractivity contribution in [3.8, 4) is 0 Å². The Labute approximate surface area is 85.8 Å². The molecule has 1 heterocycles. The normalized spacial score (nSPS) is 14.4. The minimum Gasteiger partial charge on any atom is -0.391 e. The molecule has 0 amide bonds. The molecule has 0 spiro atoms. The van der Waals surface area contributed by atoms with Gasteiger partial charge in [-0.05, 0) is 19.9 Å². The van der Waals surface area contributed by atoms with Crippen LogP contribution in [0.4, 0.5) is 0 Å². The summed E-state index contributed by atoms with van der Waals surface area (Å²) in [5.41, 5.74) is 2.26. The van der Waals surface area contributed by atoms with E-state index in [1.54, 1.807) is 6.92 Å². The van der Waals surface area contributed by atoms with E-state index < -0.39 is 0 Å². The highest BCUT2D eigenvalue weighted by molar-refractivity contribution is 5.16. The fraction of sp³-hybridized carbons (Fsp3) is 0.727. The lowest BCUT2D eigenvalue weighted by atomic mass is 9.92. The fourth-order valence-corrected chi connectivity index (χ4v) is 1.31. The lowest BCUT2D eigenvalue weighted by molar-refractivity contribution is 0.167. The third-order valence-electron chi connectivity index (χ3n) is 2.19. The molecule has 0 aliphatic rings. The average molecular weight is 196 g/mol. The average Bonchev–Trinajstić information content (AvgIpc) is 2.30. The van der Waals surface area contributed by atoms with Gasteiger partial charge in [-0.2, -0.15) is 5.10 Å². The zero-order valence-electron chi connectivity index (χ0n) is 9.70. The van der Waals surface area contributed by atoms with Crippen LogP contribution in [-0.2, 0) is 12.0 Å². The van der Waals surface area contributed by atoms with Gasteiger partial charge < -0.3 is 5.11 Å². The van der Waals surface area contributed by atoms with Crippen molar-refractivity contribution < 1.29 is 5.11 Å². The predicted octanol–water partition coefficient (Wildman–Crippen LogP) is 1.87. The van der Waals surface area contributed by atoms with Gasteiger partial charge in [0.25, 0.3) is 0 Å². The van der Waals surface area contributed by atoms with E-state index in [2.05, 4.69) is 31.9 Å². The molecule has 0 radical (unpaired) electrons. The van der Waals surface area contributed by atoms with E-state index in [9.17, 15) is 5.11 Å². The van der Waals surface area contributed by atoms with Crippen LogP contribution in [-0.4, -0.2) is 21.0 Å². The van der Waals surface area contributed by atoms with Crippen LogP contribution in [0.15, 0.2) is 6.07 Å². The highest BCUT2D eigenvalue weighted by Crippen LogP contribution is 2.21. The third-order valence-corrected chi connectivity index (χ3v) is 2.19. The number of hydrogen-bond donors (Lipinski definition) is 1. The van der Waals surface area contributed by atoms with Crippen LogP contribution < -0.4 is 0 Å². The molecule has 1 aromatic rings. The van der Waals surface area contributed by atoms with Gasteiger partial charge in [0.1, 0.15) is 0 Å². The van der Waals surface area contributed by atoms with Crippen LogP contribution in [0.3, 0.4) is 0 Å². The Kier molecular flexibility index (Phi) is 3.00. The van der Waals surface area contributed by atoms with Crippen molar-refractivity contribution in [2.75, 3.05) is 0 Å². The first kappa shape index (κ1) is 11.2. The van der Waals surface area contributed by atoms with Crippen LogP contribution in [0.5, 0.6) is 0 Å². The van der Waals surface area contributed by atoms with E-state index in [0.29, 0.717) is 6.54 Å². The van der Waals surface area contributed by atoms with Gasteiger partial charge in [0.15, 0.2) is 0 Å². The first-order chi connectivity index (χ1) is 6.30. The third kappa shape index (κ3) is 2.58. The van der Waals surface area contributed by atoms with E-state index in [1.165, 1.54) is 0 Å². The Bertz CT molecular complexity index is 308. The van der Waals surface area contributed by atoms with Crippen LogP contribution in [0, 0.1) is 6.92 Å². The minimum atomic E-state index is -0.346. The maximum absolute atomic E-state index is 9.28. The predicted molar refractivity (Wildman–Crippen MR) is 57.3 cm³/mol. The molecule has 0 aliphatic carbocycles. The molecule has 3 heteroatoms. The second-order valence-corrected chi connectivity index (χ2v) is 4.95. The zero-order chi connectivity index (χ0) is 10.9. The first-order valence-corrected chi connectivity index (χ1v) is 5.03. The largest absolute Gasteiger partial charge is 0.391 e. The molecule has 80 valence electrons. The van der Waals surface area contributed by atoms with Gasteiger partial charge in [0.05, 0.1) is 18.3 Å². The van der Waals surface area contributed by atoms with Gasteiger partial charge in [-0.3, -0.25) is 4.68 Å². The van der Waals surface area contributed by atoms with Gasteiger partial charge in [-0.15, -0.1) is 0 Å². The summed E-state index contributed by atoms with van der Waals surface area (Å²) in [5.74, 6) is 0. The molecular weight excluding hydrogens is 176 g/mol. The summed E-state index contributed by atoms with van der Waals surface area (Å²) in [4.78, 5) is 0. The second kappa shape index (κ2) is 3.73. The lowest BCUT2D eigenvalue weighted by Crippen LogP contribution is -2.16. The molecule has 3 nitrogen and oxygen atoms in total. The molecule has 0 bridgehead atoms. The maximum atomic E-state index is 9.28. The number of nitrogens with zero attached hydrogens (tertiary/aromatic N) is 2. The van der Waals surface area contributed by atoms with Crippen molar-refractivity contribution in [3.05, 3.63) is 17.5 Å². The molecule has 1 rings (SSSR count). The van der Waals surface area contributed by atoms with Gasteiger partial charge in [0.2, 0.25) is 0 Å². The molecule has 0 fully saturated rings. The van der Waals surface area contributed by atoms with Crippen LogP contribution in [0.25, 0.3) is 0 Å². The smallest absolute Gasteiger partial charge is 0.0708 e. The fourth-order valence-electron chi connectivity index (χ4n) is 1.31. The minimum absolute atomic E-state index is 0.0781. The van der Waals surface area contributed by atoms with Gasteiger partial charge >= 0.3 is 0 Å². The van der Waals surface area contributed by atoms with E-state index in [0.717, 1.165) is 11.4 Å². The monoisotopic (exact) mass is 196 g/mol. The van der Waals surface area contributed by atoms with Crippen molar-refractivity contribution in [1.82, 2.24) is 9.78 Å². The topological polar surface area (TPSA) is 38.0 Å². The number of aliphatic hydroxyl groups is 1. The summed E-state index contributed by atoms with van der Waals surface area (Å²) >= 11 is 0. The first-order valence-electron chi connectivity index (χ1n) is 5.03.